The number of aromatic nitrogens is 5. The number of hydrogen-bond acceptors (Lipinski definition) is 7. The lowest BCUT2D eigenvalue weighted by Crippen LogP contribution is -2.38. The number of benzene rings is 1. The second kappa shape index (κ2) is 9.95. The van der Waals surface area contributed by atoms with E-state index in [1.54, 1.807) is 35.4 Å². The number of carbonyl (C=O) groups is 2. The van der Waals surface area contributed by atoms with Crippen LogP contribution in [0.1, 0.15) is 40.7 Å². The predicted octanol–water partition coefficient (Wildman–Crippen LogP) is 3.97. The molecular weight excluding hydrogens is 458 g/mol. The number of hydrogen-bond donors (Lipinski definition) is 2. The lowest BCUT2D eigenvalue weighted by Gasteiger charge is -2.30. The van der Waals surface area contributed by atoms with Crippen LogP contribution in [0.25, 0.3) is 22.8 Å². The molecular formula is C26H25N7O3. The summed E-state index contributed by atoms with van der Waals surface area (Å²) in [6, 6.07) is 12.5. The summed E-state index contributed by atoms with van der Waals surface area (Å²) in [6.45, 7) is 6.73. The zero-order chi connectivity index (χ0) is 25.1. The highest BCUT2D eigenvalue weighted by Crippen LogP contribution is 2.28. The number of carbonyl (C=O) groups excluding carboxylic acids is 2. The maximum atomic E-state index is 12.8. The Hall–Kier alpha value is -4.60. The lowest BCUT2D eigenvalue weighted by atomic mass is 9.98. The van der Waals surface area contributed by atoms with Gasteiger partial charge in [-0.15, -0.1) is 0 Å². The second-order valence-corrected chi connectivity index (χ2v) is 8.65. The van der Waals surface area contributed by atoms with Crippen molar-refractivity contribution in [3.8, 4) is 22.8 Å². The van der Waals surface area contributed by atoms with E-state index in [0.717, 1.165) is 29.7 Å². The number of H-pyrrole nitrogens is 1. The molecule has 3 aromatic heterocycles. The van der Waals surface area contributed by atoms with Crippen LogP contribution in [-0.2, 0) is 4.79 Å². The Balaban J connectivity index is 1.25. The summed E-state index contributed by atoms with van der Waals surface area (Å²) in [7, 11) is 0. The van der Waals surface area contributed by atoms with Gasteiger partial charge < -0.3 is 14.7 Å². The van der Waals surface area contributed by atoms with Gasteiger partial charge in [-0.3, -0.25) is 14.7 Å². The van der Waals surface area contributed by atoms with E-state index in [2.05, 4.69) is 37.2 Å². The Morgan fingerprint density at radius 3 is 2.78 bits per heavy atom. The van der Waals surface area contributed by atoms with Gasteiger partial charge in [0.1, 0.15) is 5.69 Å². The van der Waals surface area contributed by atoms with Crippen LogP contribution in [-0.4, -0.2) is 55.1 Å². The van der Waals surface area contributed by atoms with Crippen molar-refractivity contribution in [3.63, 3.8) is 0 Å². The molecule has 36 heavy (non-hydrogen) atoms. The van der Waals surface area contributed by atoms with Gasteiger partial charge >= 0.3 is 0 Å². The molecule has 5 rings (SSSR count). The van der Waals surface area contributed by atoms with E-state index in [-0.39, 0.29) is 17.7 Å². The van der Waals surface area contributed by atoms with Crippen molar-refractivity contribution in [2.45, 2.75) is 25.7 Å². The summed E-state index contributed by atoms with van der Waals surface area (Å²) in [4.78, 5) is 35.5. The van der Waals surface area contributed by atoms with E-state index in [1.807, 2.05) is 25.1 Å². The van der Waals surface area contributed by atoms with E-state index in [4.69, 9.17) is 4.52 Å². The number of rotatable bonds is 6. The van der Waals surface area contributed by atoms with Crippen molar-refractivity contribution in [2.75, 3.05) is 18.4 Å². The van der Waals surface area contributed by atoms with Gasteiger partial charge in [0.05, 0.1) is 23.5 Å². The van der Waals surface area contributed by atoms with Crippen LogP contribution in [0.2, 0.25) is 0 Å². The van der Waals surface area contributed by atoms with E-state index in [1.165, 1.54) is 6.08 Å². The normalized spacial score (nSPS) is 15.5. The van der Waals surface area contributed by atoms with Crippen molar-refractivity contribution in [1.29, 1.82) is 0 Å². The summed E-state index contributed by atoms with van der Waals surface area (Å²) in [5, 5.41) is 13.9. The first-order chi connectivity index (χ1) is 17.5. The van der Waals surface area contributed by atoms with Crippen molar-refractivity contribution in [3.05, 3.63) is 78.5 Å². The van der Waals surface area contributed by atoms with E-state index in [0.29, 0.717) is 41.9 Å². The van der Waals surface area contributed by atoms with Crippen molar-refractivity contribution >= 4 is 17.5 Å². The van der Waals surface area contributed by atoms with Crippen molar-refractivity contribution < 1.29 is 14.1 Å². The minimum Gasteiger partial charge on any atom is -0.339 e. The molecule has 0 saturated carbocycles. The van der Waals surface area contributed by atoms with Gasteiger partial charge in [-0.1, -0.05) is 17.8 Å². The lowest BCUT2D eigenvalue weighted by molar-refractivity contribution is -0.127. The highest BCUT2D eigenvalue weighted by molar-refractivity contribution is 6.03. The Bertz CT molecular complexity index is 1410. The number of nitrogens with one attached hydrogen (secondary N) is 2. The molecule has 4 aromatic rings. The number of amides is 2. The van der Waals surface area contributed by atoms with Crippen LogP contribution < -0.4 is 5.32 Å². The second-order valence-electron chi connectivity index (χ2n) is 8.65. The highest BCUT2D eigenvalue weighted by atomic mass is 16.5. The predicted molar refractivity (Wildman–Crippen MR) is 133 cm³/mol. The van der Waals surface area contributed by atoms with Crippen LogP contribution in [0.4, 0.5) is 5.69 Å². The molecule has 4 heterocycles. The number of likely N-dealkylation sites (tertiary alicyclic amines) is 1. The number of anilines is 1. The van der Waals surface area contributed by atoms with Gasteiger partial charge in [-0.2, -0.15) is 10.1 Å². The van der Waals surface area contributed by atoms with Gasteiger partial charge in [0.15, 0.2) is 0 Å². The van der Waals surface area contributed by atoms with Crippen LogP contribution in [0.5, 0.6) is 0 Å². The quantitative estimate of drug-likeness (QED) is 0.397. The molecule has 1 saturated heterocycles. The smallest absolute Gasteiger partial charge is 0.274 e. The molecule has 10 heteroatoms. The van der Waals surface area contributed by atoms with E-state index >= 15 is 0 Å². The molecule has 0 aliphatic carbocycles. The molecule has 1 fully saturated rings. The minimum absolute atomic E-state index is 0.00345. The largest absolute Gasteiger partial charge is 0.339 e. The molecule has 10 nitrogen and oxygen atoms in total. The van der Waals surface area contributed by atoms with E-state index in [9.17, 15) is 9.59 Å². The molecule has 1 aromatic carbocycles. The number of aryl methyl sites for hydroxylation is 1. The molecule has 0 unspecified atom stereocenters. The molecule has 0 bridgehead atoms. The zero-order valence-electron chi connectivity index (χ0n) is 19.8. The van der Waals surface area contributed by atoms with Crippen LogP contribution in [0.15, 0.2) is 65.8 Å². The summed E-state index contributed by atoms with van der Waals surface area (Å²) in [6.07, 6.45) is 4.79. The number of aromatic amines is 1. The fraction of sp³-hybridized carbons (Fsp3) is 0.231. The Morgan fingerprint density at radius 1 is 1.19 bits per heavy atom. The van der Waals surface area contributed by atoms with Gasteiger partial charge in [0.2, 0.25) is 17.6 Å². The van der Waals surface area contributed by atoms with E-state index < -0.39 is 0 Å². The molecule has 2 amide bonds. The monoisotopic (exact) mass is 483 g/mol. The average molecular weight is 484 g/mol. The summed E-state index contributed by atoms with van der Waals surface area (Å²) in [5.41, 5.74) is 4.05. The molecule has 0 spiro atoms. The number of nitrogens with zero attached hydrogens (tertiary/aromatic N) is 5. The maximum Gasteiger partial charge on any atom is 0.274 e. The maximum absolute atomic E-state index is 12.8. The van der Waals surface area contributed by atoms with Gasteiger partial charge in [0.25, 0.3) is 5.91 Å². The third-order valence-corrected chi connectivity index (χ3v) is 6.17. The Labute approximate surface area is 207 Å². The molecule has 1 atom stereocenters. The third kappa shape index (κ3) is 4.78. The van der Waals surface area contributed by atoms with Crippen molar-refractivity contribution in [2.24, 2.45) is 0 Å². The first-order valence-corrected chi connectivity index (χ1v) is 11.7. The average Bonchev–Trinajstić information content (AvgIpc) is 3.58. The topological polar surface area (TPSA) is 130 Å². The zero-order valence-corrected chi connectivity index (χ0v) is 19.8. The van der Waals surface area contributed by atoms with Crippen LogP contribution in [0, 0.1) is 6.92 Å². The summed E-state index contributed by atoms with van der Waals surface area (Å²) < 4.78 is 5.51. The van der Waals surface area contributed by atoms with Gasteiger partial charge in [0, 0.05) is 24.3 Å². The molecule has 2 N–H and O–H groups in total. The van der Waals surface area contributed by atoms with Crippen molar-refractivity contribution in [1.82, 2.24) is 30.2 Å². The summed E-state index contributed by atoms with van der Waals surface area (Å²) in [5.74, 6) is 0.563. The SMILES string of the molecule is C=CC(=O)N1CCC[C@H](c2nc(-c3ccc(NC(=O)c4cccc(-c5[nH]ncc5C)n4)cc3)no2)C1. The molecule has 1 aliphatic heterocycles. The number of pyridine rings is 1. The van der Waals surface area contributed by atoms with Crippen LogP contribution in [0.3, 0.4) is 0 Å². The first kappa shape index (κ1) is 23.2. The standard InChI is InChI=1S/C26H25N7O3/c1-3-22(34)33-13-5-6-18(15-33)26-30-24(32-36-26)17-9-11-19(12-10-17)28-25(35)21-8-4-7-20(29-21)23-16(2)14-27-31-23/h3-4,7-12,14,18H,1,5-6,13,15H2,2H3,(H,27,31)(H,28,35)/t18-/m0/s1. The number of piperidine rings is 1. The fourth-order valence-corrected chi connectivity index (χ4v) is 4.23. The molecule has 0 radical (unpaired) electrons. The minimum atomic E-state index is -0.320. The Kier molecular flexibility index (Phi) is 6.40. The van der Waals surface area contributed by atoms with Gasteiger partial charge in [-0.05, 0) is 67.8 Å². The first-order valence-electron chi connectivity index (χ1n) is 11.7. The Morgan fingerprint density at radius 2 is 2.03 bits per heavy atom. The fourth-order valence-electron chi connectivity index (χ4n) is 4.23. The highest BCUT2D eigenvalue weighted by Gasteiger charge is 2.27. The van der Waals surface area contributed by atoms with Gasteiger partial charge in [-0.25, -0.2) is 4.98 Å². The molecule has 1 aliphatic rings. The van der Waals surface area contributed by atoms with Crippen LogP contribution >= 0.6 is 0 Å². The summed E-state index contributed by atoms with van der Waals surface area (Å²) >= 11 is 0. The third-order valence-electron chi connectivity index (χ3n) is 6.17. The molecule has 182 valence electrons.